The maximum atomic E-state index is 12.7. The van der Waals surface area contributed by atoms with Crippen LogP contribution >= 0.6 is 0 Å². The Hall–Kier alpha value is -2.34. The summed E-state index contributed by atoms with van der Waals surface area (Å²) in [5, 5.41) is 5.94. The summed E-state index contributed by atoms with van der Waals surface area (Å²) in [6.07, 6.45) is 1.14. The maximum Gasteiger partial charge on any atom is 0.387 e. The highest BCUT2D eigenvalue weighted by atomic mass is 32.2. The molecule has 158 valence electrons. The fourth-order valence-corrected chi connectivity index (χ4v) is 2.68. The SMILES string of the molecule is CN=C(NCCOCCS(C)(=O)=O)NCc1cc2c(cc1OC(F)F)OCO2. The topological polar surface area (TPSA) is 107 Å². The Morgan fingerprint density at radius 2 is 1.96 bits per heavy atom. The molecule has 0 unspecified atom stereocenters. The number of rotatable bonds is 10. The van der Waals surface area contributed by atoms with E-state index in [2.05, 4.69) is 20.4 Å². The summed E-state index contributed by atoms with van der Waals surface area (Å²) in [5.74, 6) is 1.13. The van der Waals surface area contributed by atoms with E-state index in [1.807, 2.05) is 0 Å². The third-order valence-electron chi connectivity index (χ3n) is 3.58. The second-order valence-corrected chi connectivity index (χ2v) is 8.05. The van der Waals surface area contributed by atoms with Crippen molar-refractivity contribution in [2.75, 3.05) is 45.6 Å². The minimum absolute atomic E-state index is 0.0168. The van der Waals surface area contributed by atoms with Crippen molar-refractivity contribution in [1.82, 2.24) is 10.6 Å². The molecule has 9 nitrogen and oxygen atoms in total. The van der Waals surface area contributed by atoms with Gasteiger partial charge in [0.15, 0.2) is 17.5 Å². The molecular formula is C16H23F2N3O6S. The predicted molar refractivity (Wildman–Crippen MR) is 97.9 cm³/mol. The van der Waals surface area contributed by atoms with Crippen LogP contribution in [-0.2, 0) is 21.1 Å². The minimum Gasteiger partial charge on any atom is -0.454 e. The second kappa shape index (κ2) is 10.3. The quantitative estimate of drug-likeness (QED) is 0.322. The molecule has 0 aromatic heterocycles. The molecule has 1 heterocycles. The van der Waals surface area contributed by atoms with Crippen molar-refractivity contribution in [3.05, 3.63) is 17.7 Å². The van der Waals surface area contributed by atoms with Gasteiger partial charge in [0.1, 0.15) is 15.6 Å². The predicted octanol–water partition coefficient (Wildman–Crippen LogP) is 0.743. The zero-order chi connectivity index (χ0) is 20.6. The third-order valence-corrected chi connectivity index (χ3v) is 4.49. The van der Waals surface area contributed by atoms with Crippen molar-refractivity contribution in [2.24, 2.45) is 4.99 Å². The van der Waals surface area contributed by atoms with Gasteiger partial charge >= 0.3 is 6.61 Å². The summed E-state index contributed by atoms with van der Waals surface area (Å²) in [6.45, 7) is -2.04. The molecule has 1 aliphatic rings. The fourth-order valence-electron chi connectivity index (χ4n) is 2.26. The lowest BCUT2D eigenvalue weighted by molar-refractivity contribution is -0.0505. The zero-order valence-electron chi connectivity index (χ0n) is 15.5. The van der Waals surface area contributed by atoms with Crippen molar-refractivity contribution >= 4 is 15.8 Å². The fraction of sp³-hybridized carbons (Fsp3) is 0.562. The number of sulfone groups is 1. The maximum absolute atomic E-state index is 12.7. The molecule has 0 fully saturated rings. The van der Waals surface area contributed by atoms with Crippen LogP contribution in [0.5, 0.6) is 17.2 Å². The van der Waals surface area contributed by atoms with Gasteiger partial charge in [0.2, 0.25) is 6.79 Å². The molecule has 1 aromatic rings. The smallest absolute Gasteiger partial charge is 0.387 e. The molecule has 0 radical (unpaired) electrons. The van der Waals surface area contributed by atoms with E-state index >= 15 is 0 Å². The number of aliphatic imine (C=N–C) groups is 1. The summed E-state index contributed by atoms with van der Waals surface area (Å²) in [7, 11) is -1.50. The number of nitrogens with zero attached hydrogens (tertiary/aromatic N) is 1. The monoisotopic (exact) mass is 423 g/mol. The molecule has 2 rings (SSSR count). The van der Waals surface area contributed by atoms with Crippen LogP contribution in [0, 0.1) is 0 Å². The number of alkyl halides is 2. The van der Waals surface area contributed by atoms with Crippen LogP contribution in [0.15, 0.2) is 17.1 Å². The Balaban J connectivity index is 1.84. The van der Waals surface area contributed by atoms with Crippen molar-refractivity contribution < 1.29 is 36.1 Å². The molecule has 0 atom stereocenters. The largest absolute Gasteiger partial charge is 0.454 e. The lowest BCUT2D eigenvalue weighted by Crippen LogP contribution is -2.38. The first-order valence-corrected chi connectivity index (χ1v) is 10.4. The van der Waals surface area contributed by atoms with Gasteiger partial charge in [-0.15, -0.1) is 0 Å². The van der Waals surface area contributed by atoms with Crippen LogP contribution in [0.25, 0.3) is 0 Å². The zero-order valence-corrected chi connectivity index (χ0v) is 16.4. The van der Waals surface area contributed by atoms with E-state index in [0.717, 1.165) is 6.26 Å². The first kappa shape index (κ1) is 22.0. The lowest BCUT2D eigenvalue weighted by Gasteiger charge is -2.15. The highest BCUT2D eigenvalue weighted by Gasteiger charge is 2.20. The van der Waals surface area contributed by atoms with E-state index < -0.39 is 16.4 Å². The van der Waals surface area contributed by atoms with Crippen LogP contribution in [0.3, 0.4) is 0 Å². The average Bonchev–Trinajstić information content (AvgIpc) is 3.06. The Morgan fingerprint density at radius 3 is 2.61 bits per heavy atom. The molecule has 1 aromatic carbocycles. The van der Waals surface area contributed by atoms with Crippen molar-refractivity contribution in [2.45, 2.75) is 13.2 Å². The molecule has 28 heavy (non-hydrogen) atoms. The van der Waals surface area contributed by atoms with E-state index in [4.69, 9.17) is 14.2 Å². The van der Waals surface area contributed by atoms with Crippen LogP contribution < -0.4 is 24.8 Å². The van der Waals surface area contributed by atoms with Gasteiger partial charge < -0.3 is 29.6 Å². The third kappa shape index (κ3) is 7.35. The summed E-state index contributed by atoms with van der Waals surface area (Å²) >= 11 is 0. The lowest BCUT2D eigenvalue weighted by atomic mass is 10.1. The van der Waals surface area contributed by atoms with E-state index in [1.54, 1.807) is 13.1 Å². The van der Waals surface area contributed by atoms with E-state index in [0.29, 0.717) is 29.6 Å². The molecule has 0 spiro atoms. The Bertz CT molecular complexity index is 789. The number of hydrogen-bond acceptors (Lipinski definition) is 7. The number of halogens is 2. The van der Waals surface area contributed by atoms with Crippen molar-refractivity contribution in [3.8, 4) is 17.2 Å². The van der Waals surface area contributed by atoms with Gasteiger partial charge in [-0.25, -0.2) is 8.42 Å². The molecule has 0 saturated heterocycles. The molecule has 0 amide bonds. The highest BCUT2D eigenvalue weighted by Crippen LogP contribution is 2.38. The molecular weight excluding hydrogens is 400 g/mol. The molecule has 0 aliphatic carbocycles. The number of benzene rings is 1. The van der Waals surface area contributed by atoms with E-state index in [9.17, 15) is 17.2 Å². The summed E-state index contributed by atoms with van der Waals surface area (Å²) in [4.78, 5) is 4.02. The molecule has 1 aliphatic heterocycles. The number of guanidine groups is 1. The first-order chi connectivity index (χ1) is 13.3. The molecule has 0 bridgehead atoms. The number of fused-ring (bicyclic) bond motifs is 1. The second-order valence-electron chi connectivity index (χ2n) is 5.79. The van der Waals surface area contributed by atoms with Gasteiger partial charge in [-0.1, -0.05) is 0 Å². The number of ether oxygens (including phenoxy) is 4. The summed E-state index contributed by atoms with van der Waals surface area (Å²) in [5.41, 5.74) is 0.442. The highest BCUT2D eigenvalue weighted by molar-refractivity contribution is 7.90. The Labute approximate surface area is 161 Å². The number of hydrogen-bond donors (Lipinski definition) is 2. The van der Waals surface area contributed by atoms with Crippen molar-refractivity contribution in [1.29, 1.82) is 0 Å². The summed E-state index contributed by atoms with van der Waals surface area (Å²) < 4.78 is 67.5. The van der Waals surface area contributed by atoms with Crippen LogP contribution in [-0.4, -0.2) is 66.6 Å². The standard InChI is InChI=1S/C16H23F2N3O6S/c1-19-16(20-3-4-24-5-6-28(2,22)23)21-9-11-7-13-14(26-10-25-13)8-12(11)27-15(17)18/h7-8,15H,3-6,9-10H2,1-2H3,(H2,19,20,21). The van der Waals surface area contributed by atoms with Gasteiger partial charge in [0.25, 0.3) is 0 Å². The van der Waals surface area contributed by atoms with Gasteiger partial charge in [-0.3, -0.25) is 4.99 Å². The van der Waals surface area contributed by atoms with Crippen LogP contribution in [0.4, 0.5) is 8.78 Å². The van der Waals surface area contributed by atoms with Gasteiger partial charge in [-0.05, 0) is 6.07 Å². The molecule has 12 heteroatoms. The van der Waals surface area contributed by atoms with Gasteiger partial charge in [0, 0.05) is 38.0 Å². The Morgan fingerprint density at radius 1 is 1.25 bits per heavy atom. The van der Waals surface area contributed by atoms with E-state index in [1.165, 1.54) is 6.07 Å². The average molecular weight is 423 g/mol. The molecule has 0 saturated carbocycles. The Kier molecular flexibility index (Phi) is 8.05. The normalized spacial score (nSPS) is 13.7. The number of nitrogens with one attached hydrogen (secondary N) is 2. The van der Waals surface area contributed by atoms with Crippen molar-refractivity contribution in [3.63, 3.8) is 0 Å². The summed E-state index contributed by atoms with van der Waals surface area (Å²) in [6, 6.07) is 2.92. The van der Waals surface area contributed by atoms with Crippen LogP contribution in [0.2, 0.25) is 0 Å². The van der Waals surface area contributed by atoms with Gasteiger partial charge in [-0.2, -0.15) is 8.78 Å². The van der Waals surface area contributed by atoms with E-state index in [-0.39, 0.29) is 38.1 Å². The van der Waals surface area contributed by atoms with Crippen LogP contribution in [0.1, 0.15) is 5.56 Å². The first-order valence-electron chi connectivity index (χ1n) is 8.36. The van der Waals surface area contributed by atoms with Gasteiger partial charge in [0.05, 0.1) is 19.0 Å². The minimum atomic E-state index is -3.05. The molecule has 2 N–H and O–H groups in total.